The van der Waals surface area contributed by atoms with E-state index in [2.05, 4.69) is 20.3 Å². The number of nitrogen functional groups attached to an aromatic ring is 1. The minimum absolute atomic E-state index is 0.250. The summed E-state index contributed by atoms with van der Waals surface area (Å²) < 4.78 is 28.0. The van der Waals surface area contributed by atoms with E-state index in [4.69, 9.17) is 5.73 Å². The van der Waals surface area contributed by atoms with Crippen LogP contribution in [0, 0.1) is 12.7 Å². The Balaban J connectivity index is 1.76. The predicted molar refractivity (Wildman–Crippen MR) is 100 cm³/mol. The Bertz CT molecular complexity index is 1120. The van der Waals surface area contributed by atoms with Crippen LogP contribution < -0.4 is 11.1 Å². The number of fused-ring (bicyclic) bond motifs is 1. The third-order valence-electron chi connectivity index (χ3n) is 4.10. The van der Waals surface area contributed by atoms with Gasteiger partial charge in [-0.3, -0.25) is 4.57 Å². The van der Waals surface area contributed by atoms with Crippen LogP contribution in [0.3, 0.4) is 0 Å². The molecule has 0 aliphatic rings. The van der Waals surface area contributed by atoms with Crippen LogP contribution in [0.25, 0.3) is 17.0 Å². The summed E-state index contributed by atoms with van der Waals surface area (Å²) in [5, 5.41) is 3.12. The lowest BCUT2D eigenvalue weighted by molar-refractivity contribution is 0.485. The van der Waals surface area contributed by atoms with E-state index in [1.165, 1.54) is 12.1 Å². The summed E-state index contributed by atoms with van der Waals surface area (Å²) in [4.78, 5) is 13.2. The van der Waals surface area contributed by atoms with E-state index in [9.17, 15) is 8.78 Å². The number of imidazole rings is 1. The number of halogens is 2. The number of rotatable bonds is 4. The van der Waals surface area contributed by atoms with E-state index >= 15 is 0 Å². The fraction of sp³-hybridized carbons (Fsp3) is 0.105. The number of aromatic nitrogens is 4. The molecule has 0 fully saturated rings. The zero-order valence-electron chi connectivity index (χ0n) is 14.4. The molecule has 2 heterocycles. The number of nitrogens with one attached hydrogen (secondary N) is 1. The number of alkyl halides is 1. The van der Waals surface area contributed by atoms with Crippen molar-refractivity contribution < 1.29 is 8.78 Å². The summed E-state index contributed by atoms with van der Waals surface area (Å²) in [5.41, 5.74) is 8.45. The van der Waals surface area contributed by atoms with Crippen LogP contribution in [-0.2, 0) is 6.67 Å². The zero-order valence-corrected chi connectivity index (χ0v) is 14.4. The summed E-state index contributed by atoms with van der Waals surface area (Å²) in [5.74, 6) is 1.23. The molecule has 0 aliphatic heterocycles. The maximum Gasteiger partial charge on any atom is 0.239 e. The Morgan fingerprint density at radius 1 is 1.04 bits per heavy atom. The van der Waals surface area contributed by atoms with Crippen LogP contribution in [0.15, 0.2) is 48.5 Å². The van der Waals surface area contributed by atoms with Crippen molar-refractivity contribution >= 4 is 28.4 Å². The molecule has 4 aromatic rings. The number of hydrogen-bond donors (Lipinski definition) is 2. The van der Waals surface area contributed by atoms with E-state index in [0.29, 0.717) is 28.2 Å². The van der Waals surface area contributed by atoms with Gasteiger partial charge in [0.15, 0.2) is 0 Å². The Morgan fingerprint density at radius 3 is 2.56 bits per heavy atom. The molecule has 4 rings (SSSR count). The number of anilines is 3. The highest BCUT2D eigenvalue weighted by molar-refractivity contribution is 5.78. The van der Waals surface area contributed by atoms with Crippen molar-refractivity contribution in [1.82, 2.24) is 19.5 Å². The number of nitrogens with zero attached hydrogens (tertiary/aromatic N) is 4. The number of nitrogens with two attached hydrogens (primary N) is 1. The Morgan fingerprint density at radius 2 is 1.81 bits per heavy atom. The van der Waals surface area contributed by atoms with Crippen molar-refractivity contribution in [2.75, 3.05) is 11.1 Å². The highest BCUT2D eigenvalue weighted by atomic mass is 19.1. The smallest absolute Gasteiger partial charge is 0.239 e. The van der Waals surface area contributed by atoms with E-state index < -0.39 is 6.67 Å². The number of aryl methyl sites for hydroxylation is 1. The van der Waals surface area contributed by atoms with Gasteiger partial charge in [-0.15, -0.1) is 0 Å². The van der Waals surface area contributed by atoms with Crippen molar-refractivity contribution in [1.29, 1.82) is 0 Å². The first-order valence-corrected chi connectivity index (χ1v) is 8.25. The van der Waals surface area contributed by atoms with Gasteiger partial charge in [0, 0.05) is 17.8 Å². The second-order valence-electron chi connectivity index (χ2n) is 6.06. The van der Waals surface area contributed by atoms with Gasteiger partial charge in [-0.05, 0) is 36.8 Å². The van der Waals surface area contributed by atoms with Crippen LogP contribution in [0.1, 0.15) is 11.4 Å². The van der Waals surface area contributed by atoms with Gasteiger partial charge in [-0.1, -0.05) is 12.1 Å². The Hall–Kier alpha value is -3.55. The largest absolute Gasteiger partial charge is 0.383 e. The lowest BCUT2D eigenvalue weighted by atomic mass is 10.2. The van der Waals surface area contributed by atoms with Crippen LogP contribution in [0.4, 0.5) is 26.1 Å². The van der Waals surface area contributed by atoms with Gasteiger partial charge in [0.1, 0.15) is 30.0 Å². The maximum atomic E-state index is 13.7. The quantitative estimate of drug-likeness (QED) is 0.569. The van der Waals surface area contributed by atoms with E-state index in [-0.39, 0.29) is 17.6 Å². The van der Waals surface area contributed by atoms with Crippen LogP contribution in [0.2, 0.25) is 0 Å². The molecule has 2 aromatic carbocycles. The molecule has 0 spiro atoms. The Labute approximate surface area is 153 Å². The zero-order chi connectivity index (χ0) is 19.0. The molecule has 0 radical (unpaired) electrons. The first-order chi connectivity index (χ1) is 13.0. The minimum atomic E-state index is -0.519. The molecule has 2 aromatic heterocycles. The maximum absolute atomic E-state index is 13.7. The minimum Gasteiger partial charge on any atom is -0.383 e. The van der Waals surface area contributed by atoms with Gasteiger partial charge in [-0.25, -0.2) is 13.8 Å². The third kappa shape index (κ3) is 3.29. The lowest BCUT2D eigenvalue weighted by Gasteiger charge is -2.10. The van der Waals surface area contributed by atoms with Gasteiger partial charge in [0.25, 0.3) is 0 Å². The first kappa shape index (κ1) is 16.9. The highest BCUT2D eigenvalue weighted by Gasteiger charge is 2.14. The van der Waals surface area contributed by atoms with Crippen molar-refractivity contribution in [3.63, 3.8) is 0 Å². The molecule has 8 heteroatoms. The lowest BCUT2D eigenvalue weighted by Crippen LogP contribution is -2.07. The molecule has 27 heavy (non-hydrogen) atoms. The predicted octanol–water partition coefficient (Wildman–Crippen LogP) is 4.06. The molecule has 0 atom stereocenters. The van der Waals surface area contributed by atoms with Crippen LogP contribution in [-0.4, -0.2) is 19.5 Å². The third-order valence-corrected chi connectivity index (χ3v) is 4.10. The van der Waals surface area contributed by atoms with Gasteiger partial charge in [0.2, 0.25) is 5.95 Å². The van der Waals surface area contributed by atoms with Crippen LogP contribution >= 0.6 is 0 Å². The van der Waals surface area contributed by atoms with E-state index in [1.807, 2.05) is 0 Å². The average Bonchev–Trinajstić information content (AvgIpc) is 2.97. The summed E-state index contributed by atoms with van der Waals surface area (Å²) in [6.45, 7) is 1.27. The average molecular weight is 366 g/mol. The fourth-order valence-electron chi connectivity index (χ4n) is 2.86. The molecule has 0 bridgehead atoms. The standard InChI is InChI=1S/C19H16F2N6/c1-11-23-15-7-4-13(21)8-16(15)27(11)19-25-17(22)9-18(26-19)24-14-5-2-12(10-20)3-6-14/h2-9H,10H2,1H3,(H3,22,24,25,26). The summed E-state index contributed by atoms with van der Waals surface area (Å²) >= 11 is 0. The monoisotopic (exact) mass is 366 g/mol. The van der Waals surface area contributed by atoms with Gasteiger partial charge in [0.05, 0.1) is 11.0 Å². The summed E-state index contributed by atoms with van der Waals surface area (Å²) in [6.07, 6.45) is 0. The molecule has 0 unspecified atom stereocenters. The molecule has 0 aliphatic carbocycles. The van der Waals surface area contributed by atoms with Gasteiger partial charge in [-0.2, -0.15) is 9.97 Å². The van der Waals surface area contributed by atoms with Crippen molar-refractivity contribution in [2.45, 2.75) is 13.6 Å². The molecule has 6 nitrogen and oxygen atoms in total. The SMILES string of the molecule is Cc1nc2ccc(F)cc2n1-c1nc(N)cc(Nc2ccc(CF)cc2)n1. The molecule has 0 amide bonds. The number of benzene rings is 2. The molecular weight excluding hydrogens is 350 g/mol. The highest BCUT2D eigenvalue weighted by Crippen LogP contribution is 2.23. The molecule has 3 N–H and O–H groups in total. The van der Waals surface area contributed by atoms with E-state index in [1.54, 1.807) is 47.9 Å². The fourth-order valence-corrected chi connectivity index (χ4v) is 2.86. The second kappa shape index (κ2) is 6.64. The molecular formula is C19H16F2N6. The topological polar surface area (TPSA) is 81.7 Å². The van der Waals surface area contributed by atoms with Gasteiger partial charge < -0.3 is 11.1 Å². The van der Waals surface area contributed by atoms with Crippen molar-refractivity contribution in [3.05, 3.63) is 65.7 Å². The molecule has 136 valence electrons. The second-order valence-corrected chi connectivity index (χ2v) is 6.06. The van der Waals surface area contributed by atoms with E-state index in [0.717, 1.165) is 5.69 Å². The molecule has 0 saturated carbocycles. The Kier molecular flexibility index (Phi) is 4.15. The van der Waals surface area contributed by atoms with Crippen molar-refractivity contribution in [2.24, 2.45) is 0 Å². The van der Waals surface area contributed by atoms with Crippen LogP contribution in [0.5, 0.6) is 0 Å². The number of hydrogen-bond acceptors (Lipinski definition) is 5. The van der Waals surface area contributed by atoms with Gasteiger partial charge >= 0.3 is 0 Å². The summed E-state index contributed by atoms with van der Waals surface area (Å²) in [7, 11) is 0. The van der Waals surface area contributed by atoms with Crippen molar-refractivity contribution in [3.8, 4) is 5.95 Å². The first-order valence-electron chi connectivity index (χ1n) is 8.25. The normalized spacial score (nSPS) is 11.1. The molecule has 0 saturated heterocycles. The summed E-state index contributed by atoms with van der Waals surface area (Å²) in [6, 6.07) is 12.8.